The summed E-state index contributed by atoms with van der Waals surface area (Å²) < 4.78 is 6.02. The molecule has 0 saturated heterocycles. The van der Waals surface area contributed by atoms with Gasteiger partial charge in [-0.2, -0.15) is 0 Å². The molecule has 4 nitrogen and oxygen atoms in total. The third-order valence-electron chi connectivity index (χ3n) is 9.72. The minimum absolute atomic E-state index is 0.169. The summed E-state index contributed by atoms with van der Waals surface area (Å²) in [7, 11) is 0. The van der Waals surface area contributed by atoms with Crippen LogP contribution in [0.4, 0.5) is 0 Å². The van der Waals surface area contributed by atoms with Gasteiger partial charge >= 0.3 is 0 Å². The zero-order chi connectivity index (χ0) is 33.5. The SMILES string of the molecule is CCCCCSC1=C(SCCCCC)SC(=C2Sc3c4[nH]c(c3S2)Cc2ccc([nH]2)C(C)(C)c2ccc([nH]2)C(C)(C)c2ccc([nH]2)C4)S1. The van der Waals surface area contributed by atoms with Gasteiger partial charge in [-0.05, 0) is 88.4 Å². The van der Waals surface area contributed by atoms with Crippen LogP contribution < -0.4 is 0 Å². The molecule has 0 saturated carbocycles. The van der Waals surface area contributed by atoms with Crippen LogP contribution in [0.1, 0.15) is 126 Å². The standard InChI is InChI=1S/C38H48N4S6/c1-7-9-11-19-43-33-34(44-20-12-10-8-2)48-36(47-33)35-45-31-25-21-23-13-15-27(39-23)37(3,4)29-17-18-30(42-29)38(5,6)28-16-14-24(40-28)22-26(41-25)32(31)46-35/h13-18,39-42H,7-12,19-22H2,1-6H3. The lowest BCUT2D eigenvalue weighted by molar-refractivity contribution is 0.571. The number of fused-ring (bicyclic) bond motifs is 11. The first-order valence-corrected chi connectivity index (χ1v) is 22.7. The summed E-state index contributed by atoms with van der Waals surface area (Å²) in [6.45, 7) is 13.9. The van der Waals surface area contributed by atoms with Crippen LogP contribution in [-0.2, 0) is 23.7 Å². The molecular formula is C38H48N4S6. The first kappa shape index (κ1) is 35.1. The third kappa shape index (κ3) is 7.09. The number of rotatable bonds is 10. The first-order chi connectivity index (χ1) is 23.2. The van der Waals surface area contributed by atoms with Crippen LogP contribution in [0.25, 0.3) is 0 Å². The maximum absolute atomic E-state index is 3.94. The van der Waals surface area contributed by atoms with E-state index in [0.717, 1.165) is 12.8 Å². The predicted molar refractivity (Wildman–Crippen MR) is 218 cm³/mol. The Labute approximate surface area is 312 Å². The predicted octanol–water partition coefficient (Wildman–Crippen LogP) is 12.9. The van der Waals surface area contributed by atoms with E-state index in [2.05, 4.69) is 121 Å². The molecule has 4 aromatic heterocycles. The van der Waals surface area contributed by atoms with E-state index < -0.39 is 0 Å². The maximum atomic E-state index is 3.94. The molecule has 4 aromatic rings. The number of hydrogen-bond donors (Lipinski definition) is 4. The van der Waals surface area contributed by atoms with Gasteiger partial charge in [0, 0.05) is 79.0 Å². The molecule has 7 heterocycles. The summed E-state index contributed by atoms with van der Waals surface area (Å²) in [6, 6.07) is 13.7. The fourth-order valence-corrected chi connectivity index (χ4v) is 15.5. The van der Waals surface area contributed by atoms with E-state index in [0.29, 0.717) is 0 Å². The van der Waals surface area contributed by atoms with Crippen LogP contribution in [0.15, 0.2) is 63.1 Å². The van der Waals surface area contributed by atoms with Gasteiger partial charge in [0.1, 0.15) is 0 Å². The lowest BCUT2D eigenvalue weighted by Gasteiger charge is -2.25. The molecule has 256 valence electrons. The highest BCUT2D eigenvalue weighted by atomic mass is 32.3. The molecule has 0 unspecified atom stereocenters. The molecule has 0 fully saturated rings. The molecule has 0 aliphatic carbocycles. The third-order valence-corrected chi connectivity index (χ3v) is 18.7. The summed E-state index contributed by atoms with van der Waals surface area (Å²) in [5.41, 5.74) is 9.76. The molecule has 0 radical (unpaired) electrons. The van der Waals surface area contributed by atoms with Gasteiger partial charge in [-0.15, -0.1) is 23.5 Å². The minimum atomic E-state index is -0.169. The lowest BCUT2D eigenvalue weighted by atomic mass is 9.85. The van der Waals surface area contributed by atoms with Gasteiger partial charge in [0.25, 0.3) is 0 Å². The van der Waals surface area contributed by atoms with Crippen molar-refractivity contribution in [2.45, 2.75) is 114 Å². The highest BCUT2D eigenvalue weighted by molar-refractivity contribution is 8.42. The van der Waals surface area contributed by atoms with Gasteiger partial charge in [-0.25, -0.2) is 0 Å². The van der Waals surface area contributed by atoms with E-state index in [1.807, 2.05) is 47.0 Å². The van der Waals surface area contributed by atoms with Gasteiger partial charge in [-0.1, -0.05) is 86.6 Å². The van der Waals surface area contributed by atoms with Crippen LogP contribution in [0.2, 0.25) is 0 Å². The zero-order valence-electron chi connectivity index (χ0n) is 29.0. The van der Waals surface area contributed by atoms with E-state index in [4.69, 9.17) is 0 Å². The van der Waals surface area contributed by atoms with Crippen molar-refractivity contribution in [3.8, 4) is 0 Å². The van der Waals surface area contributed by atoms with E-state index in [1.54, 1.807) is 0 Å². The Bertz CT molecular complexity index is 1710. The maximum Gasteiger partial charge on any atom is 0.0717 e. The number of aromatic amines is 4. The summed E-state index contributed by atoms with van der Waals surface area (Å²) >= 11 is 12.3. The van der Waals surface area contributed by atoms with Crippen molar-refractivity contribution in [2.24, 2.45) is 0 Å². The summed E-state index contributed by atoms with van der Waals surface area (Å²) in [5, 5.41) is 0. The van der Waals surface area contributed by atoms with Gasteiger partial charge in [-0.3, -0.25) is 0 Å². The van der Waals surface area contributed by atoms with E-state index in [9.17, 15) is 0 Å². The van der Waals surface area contributed by atoms with Crippen molar-refractivity contribution in [2.75, 3.05) is 11.5 Å². The van der Waals surface area contributed by atoms with Crippen molar-refractivity contribution >= 4 is 70.6 Å². The van der Waals surface area contributed by atoms with E-state index >= 15 is 0 Å². The van der Waals surface area contributed by atoms with Crippen LogP contribution in [0.5, 0.6) is 0 Å². The normalized spacial score (nSPS) is 18.3. The molecule has 3 aliphatic rings. The average molecular weight is 753 g/mol. The van der Waals surface area contributed by atoms with Gasteiger partial charge in [0.05, 0.1) is 16.9 Å². The first-order valence-electron chi connectivity index (χ1n) is 17.4. The Hall–Kier alpha value is -1.30. The molecule has 3 aliphatic heterocycles. The van der Waals surface area contributed by atoms with Crippen LogP contribution in [0, 0.1) is 0 Å². The zero-order valence-corrected chi connectivity index (χ0v) is 33.9. The van der Waals surface area contributed by atoms with Crippen LogP contribution in [-0.4, -0.2) is 31.4 Å². The van der Waals surface area contributed by atoms with Crippen molar-refractivity contribution < 1.29 is 0 Å². The van der Waals surface area contributed by atoms with Crippen molar-refractivity contribution in [1.29, 1.82) is 0 Å². The van der Waals surface area contributed by atoms with Gasteiger partial charge in [0.15, 0.2) is 0 Å². The van der Waals surface area contributed by atoms with Crippen LogP contribution in [0.3, 0.4) is 0 Å². The number of unbranched alkanes of at least 4 members (excludes halogenated alkanes) is 4. The number of aromatic nitrogens is 4. The smallest absolute Gasteiger partial charge is 0.0717 e. The molecule has 4 N–H and O–H groups in total. The molecule has 0 atom stereocenters. The monoisotopic (exact) mass is 752 g/mol. The van der Waals surface area contributed by atoms with Crippen molar-refractivity contribution in [3.05, 3.63) is 98.9 Å². The van der Waals surface area contributed by atoms with E-state index in [1.165, 1.54) is 122 Å². The number of hydrogen-bond acceptors (Lipinski definition) is 6. The molecule has 8 bridgehead atoms. The lowest BCUT2D eigenvalue weighted by Crippen LogP contribution is -2.23. The summed E-state index contributed by atoms with van der Waals surface area (Å²) in [5.74, 6) is 2.45. The molecule has 7 rings (SSSR count). The Balaban J connectivity index is 1.21. The Morgan fingerprint density at radius 2 is 0.958 bits per heavy atom. The largest absolute Gasteiger partial charge is 0.361 e. The number of nitrogens with one attached hydrogen (secondary N) is 4. The molecule has 0 spiro atoms. The molecular weight excluding hydrogens is 705 g/mol. The number of thioether (sulfide) groups is 6. The molecule has 10 heteroatoms. The topological polar surface area (TPSA) is 63.2 Å². The fraction of sp³-hybridized carbons (Fsp3) is 0.474. The highest BCUT2D eigenvalue weighted by Gasteiger charge is 2.35. The second-order valence-electron chi connectivity index (χ2n) is 14.1. The van der Waals surface area contributed by atoms with Crippen molar-refractivity contribution in [3.63, 3.8) is 0 Å². The Morgan fingerprint density at radius 1 is 0.542 bits per heavy atom. The van der Waals surface area contributed by atoms with Crippen LogP contribution >= 0.6 is 70.6 Å². The minimum Gasteiger partial charge on any atom is -0.361 e. The molecule has 0 amide bonds. The van der Waals surface area contributed by atoms with E-state index in [-0.39, 0.29) is 10.8 Å². The average Bonchev–Trinajstić information content (AvgIpc) is 3.90. The second kappa shape index (κ2) is 14.7. The number of H-pyrrole nitrogens is 4. The highest BCUT2D eigenvalue weighted by Crippen LogP contribution is 2.65. The fourth-order valence-electron chi connectivity index (χ4n) is 6.50. The molecule has 48 heavy (non-hydrogen) atoms. The summed E-state index contributed by atoms with van der Waals surface area (Å²) in [4.78, 5) is 18.3. The van der Waals surface area contributed by atoms with Crippen molar-refractivity contribution in [1.82, 2.24) is 19.9 Å². The Morgan fingerprint density at radius 3 is 1.42 bits per heavy atom. The quantitative estimate of drug-likeness (QED) is 0.121. The summed E-state index contributed by atoms with van der Waals surface area (Å²) in [6.07, 6.45) is 9.54. The van der Waals surface area contributed by atoms with Gasteiger partial charge < -0.3 is 19.9 Å². The molecule has 0 aromatic carbocycles. The second-order valence-corrected chi connectivity index (χ2v) is 21.4. The Kier molecular flexibility index (Phi) is 10.8. The van der Waals surface area contributed by atoms with Gasteiger partial charge in [0.2, 0.25) is 0 Å².